The van der Waals surface area contributed by atoms with Crippen molar-refractivity contribution in [3.05, 3.63) is 36.0 Å². The number of rotatable bonds is 7. The summed E-state index contributed by atoms with van der Waals surface area (Å²) in [6.45, 7) is 2.61. The van der Waals surface area contributed by atoms with Gasteiger partial charge in [-0.05, 0) is 19.1 Å². The van der Waals surface area contributed by atoms with Crippen molar-refractivity contribution >= 4 is 34.8 Å². The highest BCUT2D eigenvalue weighted by molar-refractivity contribution is 5.98. The first kappa shape index (κ1) is 22.8. The highest BCUT2D eigenvalue weighted by atomic mass is 16.6. The van der Waals surface area contributed by atoms with E-state index in [4.69, 9.17) is 14.6 Å². The van der Waals surface area contributed by atoms with E-state index < -0.39 is 24.6 Å². The number of nitrogens with zero attached hydrogens (tertiary/aromatic N) is 3. The molecule has 1 fully saturated rings. The number of amides is 3. The lowest BCUT2D eigenvalue weighted by molar-refractivity contribution is -0.139. The number of benzene rings is 1. The molecule has 170 valence electrons. The fourth-order valence-electron chi connectivity index (χ4n) is 3.23. The molecule has 11 heteroatoms. The number of carbonyl (C=O) groups excluding carboxylic acids is 3. The number of pyridine rings is 1. The van der Waals surface area contributed by atoms with Crippen LogP contribution in [0.3, 0.4) is 0 Å². The molecule has 1 aliphatic rings. The summed E-state index contributed by atoms with van der Waals surface area (Å²) in [6.07, 6.45) is -0.406. The molecule has 0 saturated carbocycles. The predicted molar refractivity (Wildman–Crippen MR) is 112 cm³/mol. The average molecular weight is 444 g/mol. The number of hydrogen-bond acceptors (Lipinski definition) is 7. The Morgan fingerprint density at radius 1 is 1.09 bits per heavy atom. The molecule has 0 atom stereocenters. The van der Waals surface area contributed by atoms with E-state index in [0.29, 0.717) is 37.1 Å². The molecule has 0 spiro atoms. The number of carboxylic acid groups (broad SMARTS) is 1. The van der Waals surface area contributed by atoms with Crippen molar-refractivity contribution in [1.29, 1.82) is 0 Å². The van der Waals surface area contributed by atoms with Crippen molar-refractivity contribution in [2.75, 3.05) is 45.9 Å². The molecule has 11 nitrogen and oxygen atoms in total. The standard InChI is InChI=1S/C21H24N4O7/c1-2-31-21(30)25-9-7-24(8-10-25)18(26)12-22-20(29)16-11-17(32-13-19(27)28)14-5-3-4-6-15(14)23-16/h3-6,11H,2,7-10,12-13H2,1H3,(H,22,29)(H,27,28). The van der Waals surface area contributed by atoms with Crippen molar-refractivity contribution in [2.24, 2.45) is 0 Å². The zero-order valence-corrected chi connectivity index (χ0v) is 17.6. The van der Waals surface area contributed by atoms with Crippen molar-refractivity contribution in [3.63, 3.8) is 0 Å². The van der Waals surface area contributed by atoms with Gasteiger partial charge in [0.2, 0.25) is 5.91 Å². The SMILES string of the molecule is CCOC(=O)N1CCN(C(=O)CNC(=O)c2cc(OCC(=O)O)c3ccccc3n2)CC1. The Bertz CT molecular complexity index is 1020. The molecule has 2 heterocycles. The molecule has 32 heavy (non-hydrogen) atoms. The average Bonchev–Trinajstić information content (AvgIpc) is 2.80. The molecule has 1 aromatic heterocycles. The number of aliphatic carboxylic acids is 1. The van der Waals surface area contributed by atoms with E-state index in [1.54, 1.807) is 36.1 Å². The van der Waals surface area contributed by atoms with Crippen molar-refractivity contribution in [3.8, 4) is 5.75 Å². The molecule has 0 aliphatic carbocycles. The van der Waals surface area contributed by atoms with Crippen LogP contribution in [0.15, 0.2) is 30.3 Å². The molecule has 0 unspecified atom stereocenters. The van der Waals surface area contributed by atoms with Gasteiger partial charge in [-0.3, -0.25) is 9.59 Å². The number of para-hydroxylation sites is 1. The number of nitrogens with one attached hydrogen (secondary N) is 1. The minimum absolute atomic E-state index is 0.00372. The van der Waals surface area contributed by atoms with Crippen molar-refractivity contribution in [1.82, 2.24) is 20.1 Å². The van der Waals surface area contributed by atoms with Crippen LogP contribution in [0, 0.1) is 0 Å². The Labute approximate surface area is 183 Å². The maximum atomic E-state index is 12.6. The maximum Gasteiger partial charge on any atom is 0.409 e. The second kappa shape index (κ2) is 10.4. The monoisotopic (exact) mass is 444 g/mol. The third-order valence-electron chi connectivity index (χ3n) is 4.82. The molecule has 1 saturated heterocycles. The lowest BCUT2D eigenvalue weighted by Gasteiger charge is -2.34. The topological polar surface area (TPSA) is 138 Å². The van der Waals surface area contributed by atoms with E-state index in [2.05, 4.69) is 10.3 Å². The van der Waals surface area contributed by atoms with Crippen molar-refractivity contribution in [2.45, 2.75) is 6.92 Å². The number of carboxylic acids is 1. The number of ether oxygens (including phenoxy) is 2. The van der Waals surface area contributed by atoms with Gasteiger partial charge in [0, 0.05) is 37.6 Å². The normalized spacial score (nSPS) is 13.5. The first-order valence-electron chi connectivity index (χ1n) is 10.1. The lowest BCUT2D eigenvalue weighted by Crippen LogP contribution is -2.52. The van der Waals surface area contributed by atoms with Gasteiger partial charge < -0.3 is 29.7 Å². The molecule has 2 N–H and O–H groups in total. The van der Waals surface area contributed by atoms with E-state index in [0.717, 1.165) is 0 Å². The summed E-state index contributed by atoms with van der Waals surface area (Å²) >= 11 is 0. The van der Waals surface area contributed by atoms with E-state index in [-0.39, 0.29) is 30.5 Å². The van der Waals surface area contributed by atoms with Crippen LogP contribution in [-0.2, 0) is 14.3 Å². The minimum atomic E-state index is -1.15. The Kier molecular flexibility index (Phi) is 7.42. The Hall–Kier alpha value is -3.89. The lowest BCUT2D eigenvalue weighted by atomic mass is 10.1. The summed E-state index contributed by atoms with van der Waals surface area (Å²) in [5.74, 6) is -1.81. The smallest absolute Gasteiger partial charge is 0.409 e. The molecule has 1 aliphatic heterocycles. The molecule has 0 bridgehead atoms. The van der Waals surface area contributed by atoms with E-state index in [9.17, 15) is 19.2 Å². The summed E-state index contributed by atoms with van der Waals surface area (Å²) in [7, 11) is 0. The van der Waals surface area contributed by atoms with Gasteiger partial charge in [0.05, 0.1) is 18.7 Å². The highest BCUT2D eigenvalue weighted by Gasteiger charge is 2.25. The zero-order valence-electron chi connectivity index (χ0n) is 17.6. The van der Waals surface area contributed by atoms with Crippen LogP contribution < -0.4 is 10.1 Å². The first-order valence-corrected chi connectivity index (χ1v) is 10.1. The van der Waals surface area contributed by atoms with Gasteiger partial charge in [-0.25, -0.2) is 14.6 Å². The second-order valence-corrected chi connectivity index (χ2v) is 6.95. The van der Waals surface area contributed by atoms with Crippen molar-refractivity contribution < 1.29 is 33.8 Å². The van der Waals surface area contributed by atoms with Gasteiger partial charge in [0.25, 0.3) is 5.91 Å². The van der Waals surface area contributed by atoms with Crippen LogP contribution in [0.4, 0.5) is 4.79 Å². The summed E-state index contributed by atoms with van der Waals surface area (Å²) in [5, 5.41) is 12.0. The molecule has 2 aromatic rings. The van der Waals surface area contributed by atoms with Gasteiger partial charge in [-0.15, -0.1) is 0 Å². The number of piperazine rings is 1. The number of carbonyl (C=O) groups is 4. The van der Waals surface area contributed by atoms with Crippen LogP contribution in [0.2, 0.25) is 0 Å². The molecular weight excluding hydrogens is 420 g/mol. The summed E-state index contributed by atoms with van der Waals surface area (Å²) < 4.78 is 10.3. The second-order valence-electron chi connectivity index (χ2n) is 6.95. The van der Waals surface area contributed by atoms with Crippen LogP contribution in [-0.4, -0.2) is 89.7 Å². The predicted octanol–water partition coefficient (Wildman–Crippen LogP) is 0.729. The van der Waals surface area contributed by atoms with E-state index in [1.165, 1.54) is 11.0 Å². The van der Waals surface area contributed by atoms with Crippen LogP contribution in [0.1, 0.15) is 17.4 Å². The Morgan fingerprint density at radius 3 is 2.47 bits per heavy atom. The van der Waals surface area contributed by atoms with Crippen LogP contribution >= 0.6 is 0 Å². The summed E-state index contributed by atoms with van der Waals surface area (Å²) in [6, 6.07) is 8.22. The molecule has 3 amide bonds. The number of aromatic nitrogens is 1. The largest absolute Gasteiger partial charge is 0.481 e. The van der Waals surface area contributed by atoms with E-state index in [1.807, 2.05) is 0 Å². The number of fused-ring (bicyclic) bond motifs is 1. The molecule has 0 radical (unpaired) electrons. The Balaban J connectivity index is 1.60. The highest BCUT2D eigenvalue weighted by Crippen LogP contribution is 2.25. The van der Waals surface area contributed by atoms with Crippen LogP contribution in [0.25, 0.3) is 10.9 Å². The van der Waals surface area contributed by atoms with Gasteiger partial charge in [-0.2, -0.15) is 0 Å². The third kappa shape index (κ3) is 5.62. The van der Waals surface area contributed by atoms with Gasteiger partial charge in [0.15, 0.2) is 6.61 Å². The fourth-order valence-corrected chi connectivity index (χ4v) is 3.23. The summed E-state index contributed by atoms with van der Waals surface area (Å²) in [4.78, 5) is 55.0. The van der Waals surface area contributed by atoms with Gasteiger partial charge in [0.1, 0.15) is 11.4 Å². The fraction of sp³-hybridized carbons (Fsp3) is 0.381. The van der Waals surface area contributed by atoms with Crippen LogP contribution in [0.5, 0.6) is 5.75 Å². The first-order chi connectivity index (χ1) is 15.4. The number of hydrogen-bond donors (Lipinski definition) is 2. The van der Waals surface area contributed by atoms with Gasteiger partial charge >= 0.3 is 12.1 Å². The summed E-state index contributed by atoms with van der Waals surface area (Å²) in [5.41, 5.74) is 0.464. The molecule has 1 aromatic carbocycles. The zero-order chi connectivity index (χ0) is 23.1. The molecule has 3 rings (SSSR count). The van der Waals surface area contributed by atoms with E-state index >= 15 is 0 Å². The van der Waals surface area contributed by atoms with Gasteiger partial charge in [-0.1, -0.05) is 12.1 Å². The minimum Gasteiger partial charge on any atom is -0.481 e. The Morgan fingerprint density at radius 2 is 1.78 bits per heavy atom. The quantitative estimate of drug-likeness (QED) is 0.637. The third-order valence-corrected chi connectivity index (χ3v) is 4.82. The maximum absolute atomic E-state index is 12.6. The molecular formula is C21H24N4O7.